The maximum Gasteiger partial charge on any atom is 0.0618 e. The number of rotatable bonds is 5. The molecule has 1 aliphatic carbocycles. The molecule has 1 spiro atoms. The van der Waals surface area contributed by atoms with Crippen molar-refractivity contribution in [3.63, 3.8) is 0 Å². The third-order valence-corrected chi connectivity index (χ3v) is 4.71. The van der Waals surface area contributed by atoms with E-state index in [4.69, 9.17) is 4.74 Å². The van der Waals surface area contributed by atoms with Crippen LogP contribution < -0.4 is 5.32 Å². The first-order valence-electron chi connectivity index (χ1n) is 7.78. The second-order valence-electron chi connectivity index (χ2n) is 6.14. The zero-order chi connectivity index (χ0) is 12.8. The van der Waals surface area contributed by atoms with E-state index in [-0.39, 0.29) is 0 Å². The Morgan fingerprint density at radius 2 is 2.06 bits per heavy atom. The SMILES string of the molecule is CCCC(COC)N1CCNC2(CCCCC2)C1. The molecule has 0 bridgehead atoms. The summed E-state index contributed by atoms with van der Waals surface area (Å²) >= 11 is 0. The fraction of sp³-hybridized carbons (Fsp3) is 1.00. The number of nitrogens with one attached hydrogen (secondary N) is 1. The van der Waals surface area contributed by atoms with E-state index in [9.17, 15) is 0 Å². The van der Waals surface area contributed by atoms with Gasteiger partial charge >= 0.3 is 0 Å². The molecule has 1 saturated carbocycles. The molecule has 1 unspecified atom stereocenters. The highest BCUT2D eigenvalue weighted by molar-refractivity contribution is 4.98. The molecule has 1 aliphatic heterocycles. The van der Waals surface area contributed by atoms with E-state index in [1.807, 2.05) is 7.11 Å². The Morgan fingerprint density at radius 1 is 1.28 bits per heavy atom. The molecule has 2 fully saturated rings. The molecule has 3 heteroatoms. The summed E-state index contributed by atoms with van der Waals surface area (Å²) in [4.78, 5) is 2.69. The lowest BCUT2D eigenvalue weighted by atomic mass is 9.80. The molecule has 0 radical (unpaired) electrons. The van der Waals surface area contributed by atoms with Gasteiger partial charge in [0.15, 0.2) is 0 Å². The zero-order valence-electron chi connectivity index (χ0n) is 12.2. The van der Waals surface area contributed by atoms with Gasteiger partial charge in [-0.15, -0.1) is 0 Å². The lowest BCUT2D eigenvalue weighted by Crippen LogP contribution is -2.63. The summed E-state index contributed by atoms with van der Waals surface area (Å²) in [6, 6.07) is 0.626. The topological polar surface area (TPSA) is 24.5 Å². The van der Waals surface area contributed by atoms with Crippen molar-refractivity contribution in [3.8, 4) is 0 Å². The minimum atomic E-state index is 0.427. The highest BCUT2D eigenvalue weighted by atomic mass is 16.5. The Balaban J connectivity index is 1.95. The van der Waals surface area contributed by atoms with Crippen molar-refractivity contribution in [1.29, 1.82) is 0 Å². The molecular formula is C15H30N2O. The van der Waals surface area contributed by atoms with Gasteiger partial charge in [-0.1, -0.05) is 32.6 Å². The van der Waals surface area contributed by atoms with Crippen molar-refractivity contribution < 1.29 is 4.74 Å². The van der Waals surface area contributed by atoms with Crippen LogP contribution in [-0.4, -0.2) is 49.8 Å². The van der Waals surface area contributed by atoms with Gasteiger partial charge < -0.3 is 10.1 Å². The van der Waals surface area contributed by atoms with Crippen LogP contribution in [0.1, 0.15) is 51.9 Å². The normalized spacial score (nSPS) is 26.3. The van der Waals surface area contributed by atoms with E-state index in [0.29, 0.717) is 11.6 Å². The van der Waals surface area contributed by atoms with Gasteiger partial charge in [0.25, 0.3) is 0 Å². The fourth-order valence-corrected chi connectivity index (χ4v) is 3.76. The molecule has 1 saturated heterocycles. The molecule has 18 heavy (non-hydrogen) atoms. The van der Waals surface area contributed by atoms with Crippen LogP contribution in [0.25, 0.3) is 0 Å². The van der Waals surface area contributed by atoms with Gasteiger partial charge in [0.2, 0.25) is 0 Å². The third-order valence-electron chi connectivity index (χ3n) is 4.71. The fourth-order valence-electron chi connectivity index (χ4n) is 3.76. The van der Waals surface area contributed by atoms with Gasteiger partial charge in [-0.05, 0) is 19.3 Å². The Hall–Kier alpha value is -0.120. The van der Waals surface area contributed by atoms with Crippen LogP contribution >= 0.6 is 0 Å². The number of nitrogens with zero attached hydrogens (tertiary/aromatic N) is 1. The van der Waals surface area contributed by atoms with E-state index >= 15 is 0 Å². The van der Waals surface area contributed by atoms with Crippen molar-refractivity contribution in [3.05, 3.63) is 0 Å². The maximum atomic E-state index is 5.42. The summed E-state index contributed by atoms with van der Waals surface area (Å²) in [5.74, 6) is 0. The van der Waals surface area contributed by atoms with Crippen LogP contribution in [0.3, 0.4) is 0 Å². The highest BCUT2D eigenvalue weighted by Crippen LogP contribution is 2.31. The molecule has 0 aromatic rings. The summed E-state index contributed by atoms with van der Waals surface area (Å²) in [5, 5.41) is 3.82. The van der Waals surface area contributed by atoms with Gasteiger partial charge in [0, 0.05) is 38.3 Å². The van der Waals surface area contributed by atoms with Crippen molar-refractivity contribution in [2.75, 3.05) is 33.4 Å². The van der Waals surface area contributed by atoms with Gasteiger partial charge in [-0.2, -0.15) is 0 Å². The molecule has 1 heterocycles. The monoisotopic (exact) mass is 254 g/mol. The average molecular weight is 254 g/mol. The summed E-state index contributed by atoms with van der Waals surface area (Å²) in [5.41, 5.74) is 0.427. The number of hydrogen-bond donors (Lipinski definition) is 1. The summed E-state index contributed by atoms with van der Waals surface area (Å²) in [6.07, 6.45) is 9.51. The van der Waals surface area contributed by atoms with Crippen LogP contribution in [0.15, 0.2) is 0 Å². The van der Waals surface area contributed by atoms with E-state index in [1.165, 1.54) is 58.0 Å². The molecule has 0 amide bonds. The minimum absolute atomic E-state index is 0.427. The summed E-state index contributed by atoms with van der Waals surface area (Å²) in [7, 11) is 1.83. The minimum Gasteiger partial charge on any atom is -0.383 e. The van der Waals surface area contributed by atoms with Crippen molar-refractivity contribution >= 4 is 0 Å². The quantitative estimate of drug-likeness (QED) is 0.815. The van der Waals surface area contributed by atoms with Gasteiger partial charge in [0.1, 0.15) is 0 Å². The first-order valence-corrected chi connectivity index (χ1v) is 7.78. The van der Waals surface area contributed by atoms with Crippen LogP contribution in [-0.2, 0) is 4.74 Å². The van der Waals surface area contributed by atoms with Crippen LogP contribution in [0.5, 0.6) is 0 Å². The first kappa shape index (κ1) is 14.3. The predicted octanol–water partition coefficient (Wildman–Crippen LogP) is 2.41. The molecule has 3 nitrogen and oxygen atoms in total. The van der Waals surface area contributed by atoms with Gasteiger partial charge in [-0.3, -0.25) is 4.90 Å². The number of ether oxygens (including phenoxy) is 1. The maximum absolute atomic E-state index is 5.42. The highest BCUT2D eigenvalue weighted by Gasteiger charge is 2.37. The van der Waals surface area contributed by atoms with Gasteiger partial charge in [-0.25, -0.2) is 0 Å². The summed E-state index contributed by atoms with van der Waals surface area (Å²) < 4.78 is 5.42. The second-order valence-corrected chi connectivity index (χ2v) is 6.14. The molecule has 1 N–H and O–H groups in total. The van der Waals surface area contributed by atoms with Crippen LogP contribution in [0.4, 0.5) is 0 Å². The van der Waals surface area contributed by atoms with Crippen LogP contribution in [0.2, 0.25) is 0 Å². The average Bonchev–Trinajstić information content (AvgIpc) is 2.39. The number of piperazine rings is 1. The van der Waals surface area contributed by atoms with E-state index < -0.39 is 0 Å². The predicted molar refractivity (Wildman–Crippen MR) is 76.0 cm³/mol. The Kier molecular flexibility index (Phi) is 5.46. The summed E-state index contributed by atoms with van der Waals surface area (Å²) in [6.45, 7) is 6.76. The van der Waals surface area contributed by atoms with Gasteiger partial charge in [0.05, 0.1) is 6.61 Å². The molecule has 1 atom stereocenters. The van der Waals surface area contributed by atoms with Crippen molar-refractivity contribution in [2.45, 2.75) is 63.5 Å². The lowest BCUT2D eigenvalue weighted by Gasteiger charge is -2.48. The lowest BCUT2D eigenvalue weighted by molar-refractivity contribution is 0.0284. The largest absolute Gasteiger partial charge is 0.383 e. The number of hydrogen-bond acceptors (Lipinski definition) is 3. The smallest absolute Gasteiger partial charge is 0.0618 e. The molecular weight excluding hydrogens is 224 g/mol. The Labute approximate surface area is 112 Å². The van der Waals surface area contributed by atoms with E-state index in [1.54, 1.807) is 0 Å². The molecule has 0 aromatic heterocycles. The van der Waals surface area contributed by atoms with E-state index in [0.717, 1.165) is 13.2 Å². The molecule has 106 valence electrons. The zero-order valence-corrected chi connectivity index (χ0v) is 12.2. The Morgan fingerprint density at radius 3 is 2.72 bits per heavy atom. The van der Waals surface area contributed by atoms with Crippen molar-refractivity contribution in [1.82, 2.24) is 10.2 Å². The van der Waals surface area contributed by atoms with E-state index in [2.05, 4.69) is 17.1 Å². The molecule has 2 rings (SSSR count). The third kappa shape index (κ3) is 3.46. The molecule has 2 aliphatic rings. The second kappa shape index (κ2) is 6.88. The Bertz CT molecular complexity index is 227. The van der Waals surface area contributed by atoms with Crippen LogP contribution in [0, 0.1) is 0 Å². The number of methoxy groups -OCH3 is 1. The van der Waals surface area contributed by atoms with Crippen molar-refractivity contribution in [2.24, 2.45) is 0 Å². The molecule has 0 aromatic carbocycles. The standard InChI is InChI=1S/C15H30N2O/c1-3-7-14(12-18-2)17-11-10-16-15(13-17)8-5-4-6-9-15/h14,16H,3-13H2,1-2H3. The first-order chi connectivity index (χ1) is 8.79.